The molecular formula is C15H19NO3. The van der Waals surface area contributed by atoms with Gasteiger partial charge in [-0.3, -0.25) is 4.79 Å². The van der Waals surface area contributed by atoms with Crippen LogP contribution in [0.3, 0.4) is 0 Å². The Morgan fingerprint density at radius 3 is 2.47 bits per heavy atom. The number of benzene rings is 1. The quantitative estimate of drug-likeness (QED) is 0.654. The molecular weight excluding hydrogens is 242 g/mol. The monoisotopic (exact) mass is 261 g/mol. The van der Waals surface area contributed by atoms with Crippen molar-refractivity contribution < 1.29 is 14.3 Å². The van der Waals surface area contributed by atoms with E-state index in [1.807, 2.05) is 31.2 Å². The SMILES string of the molecule is CCOC(=O)/C(Nc1cccc(C)c1)=C(/C)C(C)=O. The van der Waals surface area contributed by atoms with Crippen molar-refractivity contribution in [2.24, 2.45) is 0 Å². The molecule has 0 spiro atoms. The van der Waals surface area contributed by atoms with Gasteiger partial charge in [0.25, 0.3) is 0 Å². The lowest BCUT2D eigenvalue weighted by Gasteiger charge is -2.13. The minimum absolute atomic E-state index is 0.164. The van der Waals surface area contributed by atoms with Gasteiger partial charge in [0.1, 0.15) is 5.70 Å². The Hall–Kier alpha value is -2.10. The Bertz CT molecular complexity index is 518. The third-order valence-corrected chi connectivity index (χ3v) is 2.67. The Morgan fingerprint density at radius 1 is 1.26 bits per heavy atom. The number of rotatable bonds is 5. The summed E-state index contributed by atoms with van der Waals surface area (Å²) >= 11 is 0. The van der Waals surface area contributed by atoms with Gasteiger partial charge in [0, 0.05) is 11.3 Å². The van der Waals surface area contributed by atoms with Crippen molar-refractivity contribution in [2.75, 3.05) is 11.9 Å². The van der Waals surface area contributed by atoms with Crippen molar-refractivity contribution in [2.45, 2.75) is 27.7 Å². The van der Waals surface area contributed by atoms with Crippen molar-refractivity contribution >= 4 is 17.4 Å². The number of hydrogen-bond donors (Lipinski definition) is 1. The summed E-state index contributed by atoms with van der Waals surface area (Å²) in [6, 6.07) is 7.56. The lowest BCUT2D eigenvalue weighted by Crippen LogP contribution is -2.18. The first-order valence-corrected chi connectivity index (χ1v) is 6.18. The van der Waals surface area contributed by atoms with Crippen molar-refractivity contribution in [1.29, 1.82) is 0 Å². The van der Waals surface area contributed by atoms with Crippen molar-refractivity contribution in [3.8, 4) is 0 Å². The lowest BCUT2D eigenvalue weighted by molar-refractivity contribution is -0.138. The maximum atomic E-state index is 11.9. The maximum absolute atomic E-state index is 11.9. The van der Waals surface area contributed by atoms with Crippen molar-refractivity contribution in [3.63, 3.8) is 0 Å². The minimum Gasteiger partial charge on any atom is -0.461 e. The number of carbonyl (C=O) groups excluding carboxylic acids is 2. The Balaban J connectivity index is 3.09. The van der Waals surface area contributed by atoms with Gasteiger partial charge in [-0.15, -0.1) is 0 Å². The molecule has 0 fully saturated rings. The van der Waals surface area contributed by atoms with Gasteiger partial charge in [0.05, 0.1) is 6.61 Å². The summed E-state index contributed by atoms with van der Waals surface area (Å²) in [6.45, 7) is 6.98. The molecule has 0 atom stereocenters. The van der Waals surface area contributed by atoms with Gasteiger partial charge in [-0.25, -0.2) is 4.79 Å². The molecule has 0 bridgehead atoms. The molecule has 4 nitrogen and oxygen atoms in total. The van der Waals surface area contributed by atoms with E-state index in [-0.39, 0.29) is 18.1 Å². The molecule has 0 aliphatic heterocycles. The highest BCUT2D eigenvalue weighted by Crippen LogP contribution is 2.16. The molecule has 0 amide bonds. The average molecular weight is 261 g/mol. The summed E-state index contributed by atoms with van der Waals surface area (Å²) in [7, 11) is 0. The summed E-state index contributed by atoms with van der Waals surface area (Å²) in [6.07, 6.45) is 0. The highest BCUT2D eigenvalue weighted by atomic mass is 16.5. The van der Waals surface area contributed by atoms with Crippen LogP contribution in [-0.4, -0.2) is 18.4 Å². The number of hydrogen-bond acceptors (Lipinski definition) is 4. The first kappa shape index (κ1) is 15.0. The van der Waals surface area contributed by atoms with E-state index in [1.54, 1.807) is 13.8 Å². The normalized spacial score (nSPS) is 11.6. The van der Waals surface area contributed by atoms with E-state index in [4.69, 9.17) is 4.74 Å². The summed E-state index contributed by atoms with van der Waals surface area (Å²) in [5, 5.41) is 2.97. The third kappa shape index (κ3) is 4.25. The largest absolute Gasteiger partial charge is 0.461 e. The van der Waals surface area contributed by atoms with E-state index >= 15 is 0 Å². The van der Waals surface area contributed by atoms with E-state index in [1.165, 1.54) is 6.92 Å². The van der Waals surface area contributed by atoms with Gasteiger partial charge >= 0.3 is 5.97 Å². The first-order valence-electron chi connectivity index (χ1n) is 6.18. The van der Waals surface area contributed by atoms with E-state index in [2.05, 4.69) is 5.32 Å². The van der Waals surface area contributed by atoms with Crippen LogP contribution in [-0.2, 0) is 14.3 Å². The van der Waals surface area contributed by atoms with E-state index in [0.717, 1.165) is 11.3 Å². The number of aryl methyl sites for hydroxylation is 1. The molecule has 1 rings (SSSR count). The van der Waals surface area contributed by atoms with Crippen molar-refractivity contribution in [1.82, 2.24) is 0 Å². The second-order valence-electron chi connectivity index (χ2n) is 4.27. The Morgan fingerprint density at radius 2 is 1.95 bits per heavy atom. The van der Waals surface area contributed by atoms with Crippen LogP contribution in [0.15, 0.2) is 35.5 Å². The van der Waals surface area contributed by atoms with Crippen LogP contribution in [0.5, 0.6) is 0 Å². The van der Waals surface area contributed by atoms with E-state index in [0.29, 0.717) is 5.57 Å². The Labute approximate surface area is 113 Å². The van der Waals surface area contributed by atoms with Crippen LogP contribution in [0.1, 0.15) is 26.3 Å². The molecule has 0 saturated carbocycles. The average Bonchev–Trinajstić information content (AvgIpc) is 2.35. The molecule has 4 heteroatoms. The molecule has 1 aromatic rings. The van der Waals surface area contributed by atoms with Crippen LogP contribution in [0.2, 0.25) is 0 Å². The van der Waals surface area contributed by atoms with Gasteiger partial charge in [0.2, 0.25) is 0 Å². The molecule has 1 aromatic carbocycles. The zero-order valence-electron chi connectivity index (χ0n) is 11.7. The van der Waals surface area contributed by atoms with E-state index in [9.17, 15) is 9.59 Å². The molecule has 0 radical (unpaired) electrons. The topological polar surface area (TPSA) is 55.4 Å². The fraction of sp³-hybridized carbons (Fsp3) is 0.333. The standard InChI is InChI=1S/C15H19NO3/c1-5-19-15(18)14(11(3)12(4)17)16-13-8-6-7-10(2)9-13/h6-9,16H,5H2,1-4H3/b14-11+. The highest BCUT2D eigenvalue weighted by molar-refractivity contribution is 6.04. The highest BCUT2D eigenvalue weighted by Gasteiger charge is 2.17. The number of esters is 1. The summed E-state index contributed by atoms with van der Waals surface area (Å²) in [4.78, 5) is 23.3. The smallest absolute Gasteiger partial charge is 0.355 e. The fourth-order valence-corrected chi connectivity index (χ4v) is 1.54. The molecule has 0 heterocycles. The van der Waals surface area contributed by atoms with Gasteiger partial charge < -0.3 is 10.1 Å². The predicted molar refractivity (Wildman–Crippen MR) is 74.8 cm³/mol. The minimum atomic E-state index is -0.517. The zero-order valence-corrected chi connectivity index (χ0v) is 11.7. The molecule has 0 saturated heterocycles. The molecule has 102 valence electrons. The molecule has 0 aromatic heterocycles. The lowest BCUT2D eigenvalue weighted by atomic mass is 10.1. The molecule has 0 aliphatic carbocycles. The van der Waals surface area contributed by atoms with Gasteiger partial charge in [-0.1, -0.05) is 12.1 Å². The molecule has 19 heavy (non-hydrogen) atoms. The summed E-state index contributed by atoms with van der Waals surface area (Å²) in [5.74, 6) is -0.681. The predicted octanol–water partition coefficient (Wildman–Crippen LogP) is 2.83. The van der Waals surface area contributed by atoms with Crippen LogP contribution >= 0.6 is 0 Å². The van der Waals surface area contributed by atoms with Crippen LogP contribution < -0.4 is 5.32 Å². The number of ketones is 1. The second kappa shape index (κ2) is 6.73. The van der Waals surface area contributed by atoms with Crippen LogP contribution in [0.25, 0.3) is 0 Å². The number of carbonyl (C=O) groups is 2. The van der Waals surface area contributed by atoms with Gasteiger partial charge in [-0.05, 0) is 45.4 Å². The fourth-order valence-electron chi connectivity index (χ4n) is 1.54. The Kier molecular flexibility index (Phi) is 5.30. The molecule has 0 unspecified atom stereocenters. The second-order valence-corrected chi connectivity index (χ2v) is 4.27. The third-order valence-electron chi connectivity index (χ3n) is 2.67. The summed E-state index contributed by atoms with van der Waals surface area (Å²) < 4.78 is 4.97. The summed E-state index contributed by atoms with van der Waals surface area (Å²) in [5.41, 5.74) is 2.37. The van der Waals surface area contributed by atoms with E-state index < -0.39 is 5.97 Å². The number of anilines is 1. The number of nitrogens with one attached hydrogen (secondary N) is 1. The van der Waals surface area contributed by atoms with Crippen LogP contribution in [0.4, 0.5) is 5.69 Å². The number of allylic oxidation sites excluding steroid dienone is 1. The molecule has 0 aliphatic rings. The number of ether oxygens (including phenoxy) is 1. The zero-order chi connectivity index (χ0) is 14.4. The first-order chi connectivity index (χ1) is 8.95. The number of Topliss-reactive ketones (excluding diaryl/α,β-unsaturated/α-hetero) is 1. The van der Waals surface area contributed by atoms with Crippen LogP contribution in [0, 0.1) is 6.92 Å². The molecule has 1 N–H and O–H groups in total. The van der Waals surface area contributed by atoms with Gasteiger partial charge in [0.15, 0.2) is 5.78 Å². The van der Waals surface area contributed by atoms with Crippen molar-refractivity contribution in [3.05, 3.63) is 41.1 Å². The maximum Gasteiger partial charge on any atom is 0.355 e. The van der Waals surface area contributed by atoms with Gasteiger partial charge in [-0.2, -0.15) is 0 Å².